The second kappa shape index (κ2) is 9.73. The van der Waals surface area contributed by atoms with Crippen LogP contribution in [0.5, 0.6) is 5.75 Å². The van der Waals surface area contributed by atoms with Gasteiger partial charge in [-0.15, -0.1) is 0 Å². The first-order valence-electron chi connectivity index (χ1n) is 12.0. The average Bonchev–Trinajstić information content (AvgIpc) is 3.44. The van der Waals surface area contributed by atoms with Crippen LogP contribution in [0.15, 0.2) is 109 Å². The number of nitrogens with zero attached hydrogens (tertiary/aromatic N) is 2. The molecule has 37 heavy (non-hydrogen) atoms. The summed E-state index contributed by atoms with van der Waals surface area (Å²) in [7, 11) is 0. The predicted molar refractivity (Wildman–Crippen MR) is 141 cm³/mol. The number of hydroxylamine groups is 1. The number of para-hydroxylation sites is 1. The second-order valence-electron chi connectivity index (χ2n) is 8.99. The van der Waals surface area contributed by atoms with E-state index in [0.717, 1.165) is 16.8 Å². The molecule has 0 unspecified atom stereocenters. The minimum Gasteiger partial charge on any atom is -0.489 e. The van der Waals surface area contributed by atoms with E-state index in [-0.39, 0.29) is 5.91 Å². The molecule has 0 aromatic heterocycles. The van der Waals surface area contributed by atoms with Crippen molar-refractivity contribution in [2.24, 2.45) is 5.92 Å². The molecule has 6 nitrogen and oxygen atoms in total. The van der Waals surface area contributed by atoms with Crippen molar-refractivity contribution < 1.29 is 19.2 Å². The van der Waals surface area contributed by atoms with Crippen LogP contribution in [0.1, 0.15) is 17.2 Å². The fourth-order valence-electron chi connectivity index (χ4n) is 4.92. The molecule has 184 valence electrons. The molecule has 0 saturated carbocycles. The van der Waals surface area contributed by atoms with Crippen LogP contribution >= 0.6 is 11.6 Å². The zero-order chi connectivity index (χ0) is 25.4. The first-order chi connectivity index (χ1) is 18.1. The lowest BCUT2D eigenvalue weighted by Gasteiger charge is -2.29. The van der Waals surface area contributed by atoms with E-state index in [2.05, 4.69) is 0 Å². The summed E-state index contributed by atoms with van der Waals surface area (Å²) < 4.78 is 5.95. The smallest absolute Gasteiger partial charge is 0.266 e. The number of amides is 2. The van der Waals surface area contributed by atoms with Crippen molar-refractivity contribution >= 4 is 34.8 Å². The summed E-state index contributed by atoms with van der Waals surface area (Å²) in [5, 5.41) is 2.13. The Morgan fingerprint density at radius 2 is 1.43 bits per heavy atom. The minimum atomic E-state index is -0.939. The number of carbonyl (C=O) groups excluding carboxylic acids is 2. The van der Waals surface area contributed by atoms with Crippen molar-refractivity contribution in [1.29, 1.82) is 0 Å². The molecule has 2 amide bonds. The Hall–Kier alpha value is -4.13. The summed E-state index contributed by atoms with van der Waals surface area (Å²) >= 11 is 6.15. The Bertz CT molecular complexity index is 1430. The van der Waals surface area contributed by atoms with Crippen molar-refractivity contribution in [1.82, 2.24) is 0 Å². The van der Waals surface area contributed by atoms with E-state index in [1.165, 1.54) is 4.90 Å². The van der Waals surface area contributed by atoms with Crippen molar-refractivity contribution in [2.75, 3.05) is 9.96 Å². The highest BCUT2D eigenvalue weighted by Gasteiger charge is 2.60. The van der Waals surface area contributed by atoms with E-state index < -0.39 is 24.0 Å². The van der Waals surface area contributed by atoms with Crippen molar-refractivity contribution in [3.8, 4) is 5.75 Å². The number of hydrogen-bond donors (Lipinski definition) is 0. The molecule has 0 aliphatic carbocycles. The van der Waals surface area contributed by atoms with E-state index in [1.54, 1.807) is 29.3 Å². The van der Waals surface area contributed by atoms with Gasteiger partial charge in [-0.25, -0.2) is 9.96 Å². The number of ether oxygens (including phenoxy) is 1. The lowest BCUT2D eigenvalue weighted by Crippen LogP contribution is -2.37. The van der Waals surface area contributed by atoms with E-state index in [0.29, 0.717) is 23.1 Å². The third-order valence-corrected chi connectivity index (χ3v) is 6.90. The summed E-state index contributed by atoms with van der Waals surface area (Å²) in [6, 6.07) is 33.3. The van der Waals surface area contributed by atoms with Gasteiger partial charge in [-0.1, -0.05) is 78.3 Å². The Morgan fingerprint density at radius 1 is 0.757 bits per heavy atom. The van der Waals surface area contributed by atoms with Gasteiger partial charge in [0.1, 0.15) is 18.3 Å². The summed E-state index contributed by atoms with van der Waals surface area (Å²) in [4.78, 5) is 34.5. The zero-order valence-electron chi connectivity index (χ0n) is 19.7. The number of carbonyl (C=O) groups is 2. The molecule has 4 aromatic rings. The first-order valence-corrected chi connectivity index (χ1v) is 12.4. The summed E-state index contributed by atoms with van der Waals surface area (Å²) in [6.07, 6.45) is -0.939. The zero-order valence-corrected chi connectivity index (χ0v) is 20.5. The molecule has 4 aromatic carbocycles. The van der Waals surface area contributed by atoms with Crippen LogP contribution in [0, 0.1) is 5.92 Å². The van der Waals surface area contributed by atoms with E-state index in [1.807, 2.05) is 84.9 Å². The van der Waals surface area contributed by atoms with Crippen molar-refractivity contribution in [2.45, 2.75) is 18.8 Å². The molecule has 0 N–H and O–H groups in total. The average molecular weight is 511 g/mol. The maximum atomic E-state index is 13.7. The summed E-state index contributed by atoms with van der Waals surface area (Å²) in [6.45, 7) is 0.454. The SMILES string of the molecule is O=C1[C@H]2[C@H](ON(c3ccccc3)[C@@H]2c2ccc(OCc3ccccc3)cc2)C(=O)N1c1cccc(Cl)c1. The van der Waals surface area contributed by atoms with Crippen LogP contribution in [0.25, 0.3) is 0 Å². The molecular weight excluding hydrogens is 488 g/mol. The molecule has 3 atom stereocenters. The molecule has 2 fully saturated rings. The van der Waals surface area contributed by atoms with Crippen LogP contribution in [0.2, 0.25) is 5.02 Å². The summed E-state index contributed by atoms with van der Waals surface area (Å²) in [5.74, 6) is -0.722. The topological polar surface area (TPSA) is 59.1 Å². The van der Waals surface area contributed by atoms with Gasteiger partial charge in [0.2, 0.25) is 5.91 Å². The van der Waals surface area contributed by atoms with Gasteiger partial charge in [0.05, 0.1) is 17.4 Å². The molecule has 0 spiro atoms. The molecule has 2 aliphatic rings. The fourth-order valence-corrected chi connectivity index (χ4v) is 5.11. The van der Waals surface area contributed by atoms with Gasteiger partial charge >= 0.3 is 0 Å². The highest BCUT2D eigenvalue weighted by atomic mass is 35.5. The van der Waals surface area contributed by atoms with Gasteiger partial charge < -0.3 is 4.74 Å². The Labute approximate surface area is 219 Å². The number of anilines is 2. The molecule has 0 radical (unpaired) electrons. The van der Waals surface area contributed by atoms with Crippen molar-refractivity contribution in [3.63, 3.8) is 0 Å². The van der Waals surface area contributed by atoms with Gasteiger partial charge in [0.15, 0.2) is 6.10 Å². The third kappa shape index (κ3) is 4.35. The van der Waals surface area contributed by atoms with Gasteiger partial charge in [-0.05, 0) is 53.6 Å². The molecule has 2 saturated heterocycles. The van der Waals surface area contributed by atoms with E-state index in [4.69, 9.17) is 21.2 Å². The molecule has 2 aliphatic heterocycles. The molecule has 6 rings (SSSR count). The number of fused-ring (bicyclic) bond motifs is 1. The monoisotopic (exact) mass is 510 g/mol. The molecule has 7 heteroatoms. The second-order valence-corrected chi connectivity index (χ2v) is 9.43. The van der Waals surface area contributed by atoms with Crippen LogP contribution in [-0.4, -0.2) is 17.9 Å². The molecular formula is C30H23ClN2O4. The predicted octanol–water partition coefficient (Wildman–Crippen LogP) is 5.97. The van der Waals surface area contributed by atoms with Gasteiger partial charge in [0.25, 0.3) is 5.91 Å². The number of rotatable bonds is 6. The van der Waals surface area contributed by atoms with Crippen LogP contribution in [-0.2, 0) is 21.0 Å². The highest BCUT2D eigenvalue weighted by molar-refractivity contribution is 6.31. The third-order valence-electron chi connectivity index (χ3n) is 6.66. The van der Waals surface area contributed by atoms with Gasteiger partial charge in [-0.3, -0.25) is 14.4 Å². The Morgan fingerprint density at radius 3 is 2.14 bits per heavy atom. The van der Waals surface area contributed by atoms with Crippen LogP contribution in [0.4, 0.5) is 11.4 Å². The standard InChI is InChI=1S/C30H23ClN2O4/c31-22-10-7-13-24(18-22)32-29(34)26-27(33(37-28(26)30(32)35)23-11-5-2-6-12-23)21-14-16-25(17-15-21)36-19-20-8-3-1-4-9-20/h1-18,26-28H,19H2/t26-,27-,28+/m1/s1. The number of imide groups is 1. The number of benzene rings is 4. The fraction of sp³-hybridized carbons (Fsp3) is 0.133. The van der Waals surface area contributed by atoms with Crippen molar-refractivity contribution in [3.05, 3.63) is 125 Å². The maximum absolute atomic E-state index is 13.7. The van der Waals surface area contributed by atoms with Crippen LogP contribution < -0.4 is 14.7 Å². The summed E-state index contributed by atoms with van der Waals surface area (Å²) in [5.41, 5.74) is 3.12. The molecule has 0 bridgehead atoms. The van der Waals surface area contributed by atoms with Crippen LogP contribution in [0.3, 0.4) is 0 Å². The molecule has 2 heterocycles. The lowest BCUT2D eigenvalue weighted by atomic mass is 9.90. The normalized spacial score (nSPS) is 20.8. The van der Waals surface area contributed by atoms with Gasteiger partial charge in [0, 0.05) is 5.02 Å². The first kappa shape index (κ1) is 23.3. The number of hydrogen-bond acceptors (Lipinski definition) is 5. The lowest BCUT2D eigenvalue weighted by molar-refractivity contribution is -0.126. The largest absolute Gasteiger partial charge is 0.489 e. The maximum Gasteiger partial charge on any atom is 0.266 e. The number of halogens is 1. The highest BCUT2D eigenvalue weighted by Crippen LogP contribution is 2.47. The van der Waals surface area contributed by atoms with E-state index >= 15 is 0 Å². The van der Waals surface area contributed by atoms with E-state index in [9.17, 15) is 9.59 Å². The quantitative estimate of drug-likeness (QED) is 0.299. The minimum absolute atomic E-state index is 0.315. The Kier molecular flexibility index (Phi) is 6.12. The Balaban J connectivity index is 1.32. The van der Waals surface area contributed by atoms with Gasteiger partial charge in [-0.2, -0.15) is 0 Å².